The number of benzene rings is 1. The molecule has 0 aliphatic heterocycles. The fraction of sp³-hybridized carbons (Fsp3) is 0.125. The van der Waals surface area contributed by atoms with Crippen molar-refractivity contribution in [2.45, 2.75) is 6.54 Å². The number of nitrogens with zero attached hydrogens (tertiary/aromatic N) is 1. The van der Waals surface area contributed by atoms with Crippen molar-refractivity contribution in [1.29, 1.82) is 0 Å². The molecule has 4 heteroatoms. The first-order valence-corrected chi connectivity index (χ1v) is 3.40. The Kier molecular flexibility index (Phi) is 3.22. The van der Waals surface area contributed by atoms with E-state index in [0.717, 1.165) is 5.56 Å². The average molecular weight is 169 g/mol. The van der Waals surface area contributed by atoms with Crippen LogP contribution in [0, 0.1) is 0 Å². The van der Waals surface area contributed by atoms with Gasteiger partial charge in [0.2, 0.25) is 0 Å². The van der Waals surface area contributed by atoms with Gasteiger partial charge in [-0.15, -0.1) is 0 Å². The highest BCUT2D eigenvalue weighted by Crippen LogP contribution is 2.03. The van der Waals surface area contributed by atoms with Gasteiger partial charge in [-0.3, -0.25) is 4.79 Å². The third-order valence-electron chi connectivity index (χ3n) is 1.31. The summed E-state index contributed by atoms with van der Waals surface area (Å²) in [4.78, 5) is 13.6. The van der Waals surface area contributed by atoms with Gasteiger partial charge in [0, 0.05) is 5.29 Å². The maximum Gasteiger partial charge on any atom is 0.316 e. The maximum atomic E-state index is 12.5. The minimum atomic E-state index is -0.0560. The van der Waals surface area contributed by atoms with Gasteiger partial charge in [-0.05, 0) is 5.56 Å². The smallest absolute Gasteiger partial charge is 0.316 e. The molecule has 1 rings (SSSR count). The highest BCUT2D eigenvalue weighted by Gasteiger charge is 2.02. The minimum Gasteiger partial charge on any atom is -0.341 e. The molecule has 0 unspecified atom stereocenters. The van der Waals surface area contributed by atoms with Crippen LogP contribution in [0.3, 0.4) is 0 Å². The molecule has 1 aromatic carbocycles. The molecule has 0 aromatic heterocycles. The third kappa shape index (κ3) is 2.67. The second-order valence-electron chi connectivity index (χ2n) is 2.16. The van der Waals surface area contributed by atoms with Gasteiger partial charge in [0.05, 0.1) is 6.54 Å². The summed E-state index contributed by atoms with van der Waals surface area (Å²) in [5, 5.41) is -0.0255. The Morgan fingerprint density at radius 3 is 2.67 bits per heavy atom. The number of hydrogen-bond acceptors (Lipinski definition) is 3. The number of hydroxylamine groups is 1. The van der Waals surface area contributed by atoms with Crippen molar-refractivity contribution < 1.29 is 14.1 Å². The van der Waals surface area contributed by atoms with E-state index in [9.17, 15) is 9.28 Å². The monoisotopic (exact) mass is 169 g/mol. The van der Waals surface area contributed by atoms with E-state index in [4.69, 9.17) is 0 Å². The molecule has 64 valence electrons. The summed E-state index contributed by atoms with van der Waals surface area (Å²) in [5.74, 6) is 0. The van der Waals surface area contributed by atoms with E-state index >= 15 is 0 Å². The van der Waals surface area contributed by atoms with Crippen molar-refractivity contribution in [2.24, 2.45) is 0 Å². The van der Waals surface area contributed by atoms with E-state index in [-0.39, 0.29) is 18.3 Å². The Morgan fingerprint density at radius 1 is 1.42 bits per heavy atom. The van der Waals surface area contributed by atoms with E-state index in [1.807, 2.05) is 6.07 Å². The first-order chi connectivity index (χ1) is 5.83. The van der Waals surface area contributed by atoms with Crippen LogP contribution in [0.2, 0.25) is 0 Å². The molecule has 0 heterocycles. The standard InChI is InChI=1S/C8H8FNO2/c9-10(12-7-11)6-8-4-2-1-3-5-8/h1-5,7H,6H2. The molecule has 0 saturated heterocycles. The predicted octanol–water partition coefficient (Wildman–Crippen LogP) is 1.46. The second-order valence-corrected chi connectivity index (χ2v) is 2.16. The molecule has 1 aromatic rings. The molecule has 12 heavy (non-hydrogen) atoms. The van der Waals surface area contributed by atoms with E-state index in [2.05, 4.69) is 4.84 Å². The Hall–Kier alpha value is -1.42. The van der Waals surface area contributed by atoms with Crippen molar-refractivity contribution in [3.63, 3.8) is 0 Å². The SMILES string of the molecule is O=CON(F)Cc1ccccc1. The molecule has 0 spiro atoms. The summed E-state index contributed by atoms with van der Waals surface area (Å²) in [6.45, 7) is -0.0114. The summed E-state index contributed by atoms with van der Waals surface area (Å²) in [6, 6.07) is 8.86. The van der Waals surface area contributed by atoms with Gasteiger partial charge in [-0.25, -0.2) is 0 Å². The Labute approximate surface area is 69.3 Å². The quantitative estimate of drug-likeness (QED) is 0.388. The van der Waals surface area contributed by atoms with Crippen LogP contribution in [0.25, 0.3) is 0 Å². The van der Waals surface area contributed by atoms with Gasteiger partial charge in [-0.1, -0.05) is 34.8 Å². The highest BCUT2D eigenvalue weighted by molar-refractivity contribution is 5.36. The lowest BCUT2D eigenvalue weighted by Crippen LogP contribution is -2.12. The molecular weight excluding hydrogens is 161 g/mol. The lowest BCUT2D eigenvalue weighted by molar-refractivity contribution is -0.257. The number of carbonyl (C=O) groups excluding carboxylic acids is 1. The summed E-state index contributed by atoms with van der Waals surface area (Å²) < 4.78 is 12.5. The fourth-order valence-electron chi connectivity index (χ4n) is 0.811. The summed E-state index contributed by atoms with van der Waals surface area (Å²) in [7, 11) is 0. The van der Waals surface area contributed by atoms with Crippen LogP contribution in [0.15, 0.2) is 30.3 Å². The summed E-state index contributed by atoms with van der Waals surface area (Å²) in [5.41, 5.74) is 0.738. The van der Waals surface area contributed by atoms with Gasteiger partial charge in [0.25, 0.3) is 0 Å². The number of carbonyl (C=O) groups is 1. The Bertz CT molecular complexity index is 240. The fourth-order valence-corrected chi connectivity index (χ4v) is 0.811. The molecule has 0 radical (unpaired) electrons. The number of hydrogen-bond donors (Lipinski definition) is 0. The van der Waals surface area contributed by atoms with Crippen LogP contribution in [-0.2, 0) is 16.2 Å². The number of rotatable bonds is 4. The largest absolute Gasteiger partial charge is 0.341 e. The van der Waals surface area contributed by atoms with E-state index < -0.39 is 0 Å². The van der Waals surface area contributed by atoms with E-state index in [1.54, 1.807) is 24.3 Å². The van der Waals surface area contributed by atoms with Crippen molar-refractivity contribution in [3.8, 4) is 0 Å². The van der Waals surface area contributed by atoms with Gasteiger partial charge in [0.15, 0.2) is 0 Å². The van der Waals surface area contributed by atoms with E-state index in [0.29, 0.717) is 0 Å². The molecule has 0 amide bonds. The first kappa shape index (κ1) is 8.67. The minimum absolute atomic E-state index is 0.0255. The van der Waals surface area contributed by atoms with Gasteiger partial charge in [0.1, 0.15) is 0 Å². The summed E-state index contributed by atoms with van der Waals surface area (Å²) in [6.07, 6.45) is 0. The molecule has 3 nitrogen and oxygen atoms in total. The molecule has 0 N–H and O–H groups in total. The normalized spacial score (nSPS) is 9.83. The molecule has 0 fully saturated rings. The predicted molar refractivity (Wildman–Crippen MR) is 40.2 cm³/mol. The second kappa shape index (κ2) is 4.46. The van der Waals surface area contributed by atoms with Crippen LogP contribution in [0.5, 0.6) is 0 Å². The van der Waals surface area contributed by atoms with Gasteiger partial charge < -0.3 is 4.84 Å². The van der Waals surface area contributed by atoms with Crippen molar-refractivity contribution >= 4 is 6.47 Å². The molecule has 0 atom stereocenters. The Balaban J connectivity index is 2.46. The zero-order valence-electron chi connectivity index (χ0n) is 6.31. The van der Waals surface area contributed by atoms with Crippen molar-refractivity contribution in [1.82, 2.24) is 5.29 Å². The Morgan fingerprint density at radius 2 is 2.08 bits per heavy atom. The zero-order chi connectivity index (χ0) is 8.81. The van der Waals surface area contributed by atoms with Gasteiger partial charge >= 0.3 is 6.47 Å². The molecule has 0 aliphatic rings. The van der Waals surface area contributed by atoms with Crippen LogP contribution >= 0.6 is 0 Å². The zero-order valence-corrected chi connectivity index (χ0v) is 6.31. The van der Waals surface area contributed by atoms with Crippen molar-refractivity contribution in [2.75, 3.05) is 0 Å². The van der Waals surface area contributed by atoms with Crippen LogP contribution < -0.4 is 0 Å². The summed E-state index contributed by atoms with van der Waals surface area (Å²) >= 11 is 0. The lowest BCUT2D eigenvalue weighted by atomic mass is 10.2. The molecule has 0 aliphatic carbocycles. The third-order valence-corrected chi connectivity index (χ3v) is 1.31. The first-order valence-electron chi connectivity index (χ1n) is 3.40. The number of halogens is 1. The molecule has 0 bridgehead atoms. The maximum absolute atomic E-state index is 12.5. The lowest BCUT2D eigenvalue weighted by Gasteiger charge is -2.06. The van der Waals surface area contributed by atoms with Gasteiger partial charge in [-0.2, -0.15) is 0 Å². The van der Waals surface area contributed by atoms with Crippen LogP contribution in [0.1, 0.15) is 5.56 Å². The average Bonchev–Trinajstić information content (AvgIpc) is 2.06. The highest BCUT2D eigenvalue weighted by atomic mass is 19.2. The van der Waals surface area contributed by atoms with Crippen molar-refractivity contribution in [3.05, 3.63) is 35.9 Å². The van der Waals surface area contributed by atoms with Crippen LogP contribution in [-0.4, -0.2) is 11.8 Å². The molecular formula is C8H8FNO2. The van der Waals surface area contributed by atoms with E-state index in [1.165, 1.54) is 0 Å². The topological polar surface area (TPSA) is 29.5 Å². The van der Waals surface area contributed by atoms with Crippen LogP contribution in [0.4, 0.5) is 4.48 Å². The molecule has 0 saturated carbocycles.